The van der Waals surface area contributed by atoms with E-state index in [1.807, 2.05) is 0 Å². The standard InChI is InChI=1S/C12H13FO4/c1-7-9(12(16)17)5-8(6-10(7)13)3-2-4-11(14)15/h5-6H,2-4H2,1H3,(H,14,15)(H,16,17). The lowest BCUT2D eigenvalue weighted by Gasteiger charge is -2.06. The molecule has 0 aromatic heterocycles. The van der Waals surface area contributed by atoms with Crippen molar-refractivity contribution in [3.8, 4) is 0 Å². The van der Waals surface area contributed by atoms with Gasteiger partial charge in [0.15, 0.2) is 0 Å². The molecule has 0 heterocycles. The molecular weight excluding hydrogens is 227 g/mol. The Balaban J connectivity index is 2.87. The Kier molecular flexibility index (Phi) is 4.20. The molecule has 0 saturated carbocycles. The van der Waals surface area contributed by atoms with Crippen molar-refractivity contribution in [2.24, 2.45) is 0 Å². The van der Waals surface area contributed by atoms with Gasteiger partial charge in [0.2, 0.25) is 0 Å². The molecular formula is C12H13FO4. The zero-order valence-corrected chi connectivity index (χ0v) is 9.36. The number of carbonyl (C=O) groups is 2. The molecule has 0 aliphatic heterocycles. The van der Waals surface area contributed by atoms with Crippen LogP contribution in [0, 0.1) is 12.7 Å². The highest BCUT2D eigenvalue weighted by Gasteiger charge is 2.12. The Morgan fingerprint density at radius 3 is 2.47 bits per heavy atom. The van der Waals surface area contributed by atoms with Crippen LogP contribution in [0.3, 0.4) is 0 Å². The van der Waals surface area contributed by atoms with Crippen molar-refractivity contribution in [3.05, 3.63) is 34.6 Å². The molecule has 0 unspecified atom stereocenters. The van der Waals surface area contributed by atoms with E-state index in [1.54, 1.807) is 0 Å². The number of carboxylic acids is 2. The Labute approximate surface area is 97.7 Å². The van der Waals surface area contributed by atoms with E-state index < -0.39 is 17.8 Å². The molecule has 1 aromatic carbocycles. The van der Waals surface area contributed by atoms with Crippen LogP contribution in [0.1, 0.15) is 34.3 Å². The van der Waals surface area contributed by atoms with Gasteiger partial charge in [-0.2, -0.15) is 0 Å². The summed E-state index contributed by atoms with van der Waals surface area (Å²) >= 11 is 0. The van der Waals surface area contributed by atoms with Crippen LogP contribution < -0.4 is 0 Å². The van der Waals surface area contributed by atoms with Gasteiger partial charge < -0.3 is 10.2 Å². The van der Waals surface area contributed by atoms with Crippen molar-refractivity contribution < 1.29 is 24.2 Å². The summed E-state index contributed by atoms with van der Waals surface area (Å²) in [6.07, 6.45) is 0.693. The molecule has 0 atom stereocenters. The maximum Gasteiger partial charge on any atom is 0.336 e. The predicted molar refractivity (Wildman–Crippen MR) is 58.7 cm³/mol. The summed E-state index contributed by atoms with van der Waals surface area (Å²) in [6, 6.07) is 2.65. The van der Waals surface area contributed by atoms with Gasteiger partial charge in [-0.15, -0.1) is 0 Å². The normalized spacial score (nSPS) is 10.2. The van der Waals surface area contributed by atoms with Crippen molar-refractivity contribution >= 4 is 11.9 Å². The van der Waals surface area contributed by atoms with E-state index in [0.29, 0.717) is 18.4 Å². The summed E-state index contributed by atoms with van der Waals surface area (Å²) in [6.45, 7) is 1.40. The van der Waals surface area contributed by atoms with E-state index in [-0.39, 0.29) is 17.5 Å². The van der Waals surface area contributed by atoms with Gasteiger partial charge in [-0.05, 0) is 43.0 Å². The minimum atomic E-state index is -1.18. The van der Waals surface area contributed by atoms with Gasteiger partial charge in [-0.1, -0.05) is 0 Å². The van der Waals surface area contributed by atoms with E-state index in [2.05, 4.69) is 0 Å². The number of hydrogen-bond donors (Lipinski definition) is 2. The summed E-state index contributed by atoms with van der Waals surface area (Å²) in [5.41, 5.74) is 0.529. The average molecular weight is 240 g/mol. The van der Waals surface area contributed by atoms with Gasteiger partial charge in [-0.3, -0.25) is 4.79 Å². The van der Waals surface area contributed by atoms with Crippen molar-refractivity contribution in [2.45, 2.75) is 26.2 Å². The van der Waals surface area contributed by atoms with Gasteiger partial charge in [0, 0.05) is 6.42 Å². The third-order valence-corrected chi connectivity index (χ3v) is 2.49. The summed E-state index contributed by atoms with van der Waals surface area (Å²) < 4.78 is 13.4. The number of carboxylic acid groups (broad SMARTS) is 2. The second kappa shape index (κ2) is 5.43. The summed E-state index contributed by atoms with van der Waals surface area (Å²) in [7, 11) is 0. The number of hydrogen-bond acceptors (Lipinski definition) is 2. The van der Waals surface area contributed by atoms with Crippen LogP contribution in [0.2, 0.25) is 0 Å². The van der Waals surface area contributed by atoms with Crippen LogP contribution in [0.25, 0.3) is 0 Å². The molecule has 1 rings (SSSR count). The third-order valence-electron chi connectivity index (χ3n) is 2.49. The number of aryl methyl sites for hydroxylation is 1. The number of rotatable bonds is 5. The summed E-state index contributed by atoms with van der Waals surface area (Å²) in [5, 5.41) is 17.3. The molecule has 2 N–H and O–H groups in total. The highest BCUT2D eigenvalue weighted by Crippen LogP contribution is 2.17. The van der Waals surface area contributed by atoms with Crippen LogP contribution in [0.15, 0.2) is 12.1 Å². The van der Waals surface area contributed by atoms with Crippen LogP contribution in [-0.4, -0.2) is 22.2 Å². The zero-order valence-electron chi connectivity index (χ0n) is 9.36. The molecule has 0 spiro atoms. The van der Waals surface area contributed by atoms with Gasteiger partial charge in [0.25, 0.3) is 0 Å². The second-order valence-electron chi connectivity index (χ2n) is 3.80. The van der Waals surface area contributed by atoms with E-state index in [9.17, 15) is 14.0 Å². The van der Waals surface area contributed by atoms with Crippen molar-refractivity contribution in [3.63, 3.8) is 0 Å². The number of halogens is 1. The first-order valence-electron chi connectivity index (χ1n) is 5.16. The van der Waals surface area contributed by atoms with E-state index in [4.69, 9.17) is 10.2 Å². The van der Waals surface area contributed by atoms with Crippen molar-refractivity contribution in [1.29, 1.82) is 0 Å². The van der Waals surface area contributed by atoms with Gasteiger partial charge in [-0.25, -0.2) is 9.18 Å². The summed E-state index contributed by atoms with van der Waals surface area (Å²) in [4.78, 5) is 21.2. The van der Waals surface area contributed by atoms with Crippen LogP contribution in [0.5, 0.6) is 0 Å². The van der Waals surface area contributed by atoms with E-state index in [0.717, 1.165) is 0 Å². The quantitative estimate of drug-likeness (QED) is 0.827. The predicted octanol–water partition coefficient (Wildman–Crippen LogP) is 2.24. The molecule has 92 valence electrons. The molecule has 0 amide bonds. The molecule has 0 aliphatic rings. The molecule has 0 bridgehead atoms. The highest BCUT2D eigenvalue weighted by molar-refractivity contribution is 5.89. The second-order valence-corrected chi connectivity index (χ2v) is 3.80. The minimum Gasteiger partial charge on any atom is -0.481 e. The molecule has 1 aromatic rings. The molecule has 4 nitrogen and oxygen atoms in total. The van der Waals surface area contributed by atoms with E-state index >= 15 is 0 Å². The third kappa shape index (κ3) is 3.55. The number of aromatic carboxylic acids is 1. The first kappa shape index (κ1) is 13.2. The monoisotopic (exact) mass is 240 g/mol. The SMILES string of the molecule is Cc1c(F)cc(CCCC(=O)O)cc1C(=O)O. The lowest BCUT2D eigenvalue weighted by Crippen LogP contribution is -2.04. The van der Waals surface area contributed by atoms with Gasteiger partial charge >= 0.3 is 11.9 Å². The minimum absolute atomic E-state index is 0.0160. The van der Waals surface area contributed by atoms with Crippen LogP contribution in [0.4, 0.5) is 4.39 Å². The molecule has 0 saturated heterocycles. The maximum atomic E-state index is 13.4. The largest absolute Gasteiger partial charge is 0.481 e. The number of benzene rings is 1. The Hall–Kier alpha value is -1.91. The average Bonchev–Trinajstić information content (AvgIpc) is 2.22. The van der Waals surface area contributed by atoms with E-state index in [1.165, 1.54) is 19.1 Å². The van der Waals surface area contributed by atoms with Gasteiger partial charge in [0.05, 0.1) is 5.56 Å². The fourth-order valence-electron chi connectivity index (χ4n) is 1.55. The van der Waals surface area contributed by atoms with Crippen LogP contribution in [-0.2, 0) is 11.2 Å². The van der Waals surface area contributed by atoms with Gasteiger partial charge in [0.1, 0.15) is 5.82 Å². The first-order valence-corrected chi connectivity index (χ1v) is 5.16. The lowest BCUT2D eigenvalue weighted by molar-refractivity contribution is -0.137. The Morgan fingerprint density at radius 2 is 1.94 bits per heavy atom. The molecule has 5 heteroatoms. The molecule has 17 heavy (non-hydrogen) atoms. The first-order chi connectivity index (χ1) is 7.91. The summed E-state index contributed by atoms with van der Waals surface area (Å²) in [5.74, 6) is -2.67. The lowest BCUT2D eigenvalue weighted by atomic mass is 10.0. The van der Waals surface area contributed by atoms with Crippen LogP contribution >= 0.6 is 0 Å². The number of aliphatic carboxylic acids is 1. The molecule has 0 fully saturated rings. The van der Waals surface area contributed by atoms with Crippen molar-refractivity contribution in [1.82, 2.24) is 0 Å². The zero-order chi connectivity index (χ0) is 13.0. The fourth-order valence-corrected chi connectivity index (χ4v) is 1.55. The topological polar surface area (TPSA) is 74.6 Å². The Morgan fingerprint density at radius 1 is 1.29 bits per heavy atom. The smallest absolute Gasteiger partial charge is 0.336 e. The van der Waals surface area contributed by atoms with Crippen molar-refractivity contribution in [2.75, 3.05) is 0 Å². The highest BCUT2D eigenvalue weighted by atomic mass is 19.1. The molecule has 0 aliphatic carbocycles. The fraction of sp³-hybridized carbons (Fsp3) is 0.333. The maximum absolute atomic E-state index is 13.4. The molecule has 0 radical (unpaired) electrons. The Bertz CT molecular complexity index is 454.